The molecule has 0 saturated heterocycles. The number of fused-ring (bicyclic) bond motifs is 1. The van der Waals surface area contributed by atoms with E-state index in [2.05, 4.69) is 30.4 Å². The predicted molar refractivity (Wildman–Crippen MR) is 175 cm³/mol. The number of dihydropyridines is 1. The van der Waals surface area contributed by atoms with E-state index in [1.54, 1.807) is 56.3 Å². The normalized spacial score (nSPS) is 15.1. The zero-order chi connectivity index (χ0) is 34.4. The Morgan fingerprint density at radius 1 is 1.04 bits per heavy atom. The Hall–Kier alpha value is -4.41. The van der Waals surface area contributed by atoms with E-state index in [4.69, 9.17) is 37.4 Å². The maximum absolute atomic E-state index is 13.4. The number of nitrogens with zero attached hydrogens (tertiary/aromatic N) is 5. The fraction of sp³-hybridized carbons (Fsp3) is 0.290. The minimum Gasteiger partial charge on any atom is -0.466 e. The van der Waals surface area contributed by atoms with E-state index in [1.807, 2.05) is 0 Å². The van der Waals surface area contributed by atoms with E-state index in [0.717, 1.165) is 0 Å². The second-order valence-corrected chi connectivity index (χ2v) is 12.9. The van der Waals surface area contributed by atoms with E-state index in [0.29, 0.717) is 27.9 Å². The molecule has 2 N–H and O–H groups in total. The molecule has 3 heterocycles. The van der Waals surface area contributed by atoms with Gasteiger partial charge in [0.25, 0.3) is 0 Å². The SMILES string of the molecule is CCOC(=O)C1=C(COCc2nnn(CCNS(=O)(=O)c3cccc4cccnc34)n2)NC(C)=C(C(=O)OC)C1c1cccc(Cl)c1Cl. The molecule has 0 amide bonds. The van der Waals surface area contributed by atoms with Gasteiger partial charge in [-0.2, -0.15) is 4.80 Å². The van der Waals surface area contributed by atoms with Crippen molar-refractivity contribution in [2.45, 2.75) is 37.8 Å². The summed E-state index contributed by atoms with van der Waals surface area (Å²) in [5, 5.41) is 16.4. The maximum Gasteiger partial charge on any atom is 0.336 e. The summed E-state index contributed by atoms with van der Waals surface area (Å²) in [6.07, 6.45) is 1.54. The molecule has 2 aromatic heterocycles. The van der Waals surface area contributed by atoms with Gasteiger partial charge >= 0.3 is 11.9 Å². The molecule has 0 bridgehead atoms. The van der Waals surface area contributed by atoms with Gasteiger partial charge < -0.3 is 19.5 Å². The van der Waals surface area contributed by atoms with Crippen molar-refractivity contribution in [3.8, 4) is 0 Å². The van der Waals surface area contributed by atoms with Crippen molar-refractivity contribution in [1.29, 1.82) is 0 Å². The molecule has 17 heteroatoms. The van der Waals surface area contributed by atoms with Crippen molar-refractivity contribution in [2.75, 3.05) is 26.9 Å². The summed E-state index contributed by atoms with van der Waals surface area (Å²) in [5.41, 5.74) is 1.77. The van der Waals surface area contributed by atoms with Crippen molar-refractivity contribution < 1.29 is 32.2 Å². The number of allylic oxidation sites excluding steroid dienone is 1. The first-order valence-corrected chi connectivity index (χ1v) is 16.9. The van der Waals surface area contributed by atoms with Crippen LogP contribution in [-0.2, 0) is 47.0 Å². The van der Waals surface area contributed by atoms with Gasteiger partial charge in [-0.3, -0.25) is 4.98 Å². The molecule has 1 atom stereocenters. The molecule has 4 aromatic rings. The summed E-state index contributed by atoms with van der Waals surface area (Å²) in [7, 11) is -2.62. The molecule has 1 aliphatic rings. The van der Waals surface area contributed by atoms with Gasteiger partial charge in [0.2, 0.25) is 10.0 Å². The second-order valence-electron chi connectivity index (χ2n) is 10.4. The fourth-order valence-corrected chi connectivity index (χ4v) is 6.83. The third kappa shape index (κ3) is 7.50. The summed E-state index contributed by atoms with van der Waals surface area (Å²) in [5.74, 6) is -2.12. The van der Waals surface area contributed by atoms with Gasteiger partial charge in [-0.05, 0) is 42.8 Å². The van der Waals surface area contributed by atoms with Crippen LogP contribution in [0.3, 0.4) is 0 Å². The number of ether oxygens (including phenoxy) is 3. The van der Waals surface area contributed by atoms with Crippen molar-refractivity contribution in [2.24, 2.45) is 0 Å². The van der Waals surface area contributed by atoms with Crippen LogP contribution in [0.1, 0.15) is 31.2 Å². The molecule has 0 saturated carbocycles. The monoisotopic (exact) mass is 715 g/mol. The number of nitrogens with one attached hydrogen (secondary N) is 2. The Balaban J connectivity index is 1.29. The summed E-state index contributed by atoms with van der Waals surface area (Å²) in [4.78, 5) is 31.9. The molecule has 0 spiro atoms. The molecule has 1 aliphatic heterocycles. The first kappa shape index (κ1) is 34.9. The molecule has 0 radical (unpaired) electrons. The topological polar surface area (TPSA) is 177 Å². The molecule has 0 fully saturated rings. The number of pyridine rings is 1. The number of halogens is 2. The van der Waals surface area contributed by atoms with E-state index in [1.165, 1.54) is 24.2 Å². The Labute approximate surface area is 286 Å². The summed E-state index contributed by atoms with van der Waals surface area (Å²) >= 11 is 12.9. The van der Waals surface area contributed by atoms with Crippen LogP contribution < -0.4 is 10.0 Å². The van der Waals surface area contributed by atoms with Gasteiger partial charge in [0, 0.05) is 23.8 Å². The number of hydrogen-bond donors (Lipinski definition) is 2. The lowest BCUT2D eigenvalue weighted by molar-refractivity contribution is -0.139. The Morgan fingerprint density at radius 2 is 1.81 bits per heavy atom. The van der Waals surface area contributed by atoms with E-state index in [9.17, 15) is 18.0 Å². The highest BCUT2D eigenvalue weighted by molar-refractivity contribution is 7.89. The highest BCUT2D eigenvalue weighted by atomic mass is 35.5. The van der Waals surface area contributed by atoms with Crippen molar-refractivity contribution >= 4 is 56.1 Å². The first-order chi connectivity index (χ1) is 23.1. The third-order valence-corrected chi connectivity index (χ3v) is 9.63. The number of carbonyl (C=O) groups is 2. The van der Waals surface area contributed by atoms with Crippen LogP contribution in [0.5, 0.6) is 0 Å². The minimum absolute atomic E-state index is 0.0104. The molecule has 252 valence electrons. The van der Waals surface area contributed by atoms with Gasteiger partial charge in [-0.1, -0.05) is 53.5 Å². The van der Waals surface area contributed by atoms with E-state index < -0.39 is 27.9 Å². The lowest BCUT2D eigenvalue weighted by atomic mass is 9.80. The zero-order valence-electron chi connectivity index (χ0n) is 26.1. The first-order valence-electron chi connectivity index (χ1n) is 14.6. The lowest BCUT2D eigenvalue weighted by Crippen LogP contribution is -2.34. The molecular formula is C31H31Cl2N7O7S. The predicted octanol–water partition coefficient (Wildman–Crippen LogP) is 3.67. The van der Waals surface area contributed by atoms with Crippen LogP contribution in [0.4, 0.5) is 0 Å². The number of sulfonamides is 1. The van der Waals surface area contributed by atoms with Crippen LogP contribution in [0.25, 0.3) is 10.9 Å². The van der Waals surface area contributed by atoms with Gasteiger partial charge in [-0.25, -0.2) is 22.7 Å². The number of benzene rings is 2. The molecule has 14 nitrogen and oxygen atoms in total. The third-order valence-electron chi connectivity index (χ3n) is 7.30. The molecule has 48 heavy (non-hydrogen) atoms. The average Bonchev–Trinajstić information content (AvgIpc) is 3.52. The van der Waals surface area contributed by atoms with Crippen LogP contribution in [0.15, 0.2) is 82.2 Å². The standard InChI is InChI=1S/C31H31Cl2N7O7S/c1-4-47-31(42)27-22(36-18(2)25(30(41)45-3)26(27)20-10-6-11-21(32)28(20)33)16-46-17-24-37-39-40(38-24)15-14-35-48(43,44)23-12-5-8-19-9-7-13-34-29(19)23/h5-13,26,35-36H,4,14-17H2,1-3H3. The van der Waals surface area contributed by atoms with Crippen LogP contribution >= 0.6 is 23.2 Å². The fourth-order valence-electron chi connectivity index (χ4n) is 5.22. The van der Waals surface area contributed by atoms with E-state index in [-0.39, 0.29) is 64.8 Å². The van der Waals surface area contributed by atoms with Crippen molar-refractivity contribution in [3.05, 3.63) is 98.7 Å². The quantitative estimate of drug-likeness (QED) is 0.192. The van der Waals surface area contributed by atoms with Crippen molar-refractivity contribution in [3.63, 3.8) is 0 Å². The number of aromatic nitrogens is 5. The molecule has 5 rings (SSSR count). The molecule has 1 unspecified atom stereocenters. The number of carbonyl (C=O) groups excluding carboxylic acids is 2. The van der Waals surface area contributed by atoms with Crippen LogP contribution in [0, 0.1) is 0 Å². The minimum atomic E-state index is -3.86. The number of rotatable bonds is 13. The largest absolute Gasteiger partial charge is 0.466 e. The zero-order valence-corrected chi connectivity index (χ0v) is 28.4. The lowest BCUT2D eigenvalue weighted by Gasteiger charge is -2.31. The molecule has 2 aromatic carbocycles. The van der Waals surface area contributed by atoms with Crippen LogP contribution in [-0.4, -0.2) is 72.4 Å². The Morgan fingerprint density at radius 3 is 2.58 bits per heavy atom. The Kier molecular flexibility index (Phi) is 11.1. The smallest absolute Gasteiger partial charge is 0.336 e. The van der Waals surface area contributed by atoms with E-state index >= 15 is 0 Å². The van der Waals surface area contributed by atoms with Gasteiger partial charge in [0.05, 0.1) is 65.2 Å². The molecular weight excluding hydrogens is 685 g/mol. The number of methoxy groups -OCH3 is 1. The number of hydrogen-bond acceptors (Lipinski definition) is 12. The highest BCUT2D eigenvalue weighted by Gasteiger charge is 2.40. The van der Waals surface area contributed by atoms with Crippen molar-refractivity contribution in [1.82, 2.24) is 35.2 Å². The van der Waals surface area contributed by atoms with Crippen LogP contribution in [0.2, 0.25) is 10.0 Å². The highest BCUT2D eigenvalue weighted by Crippen LogP contribution is 2.43. The van der Waals surface area contributed by atoms with Gasteiger partial charge in [0.1, 0.15) is 11.5 Å². The second kappa shape index (κ2) is 15.2. The summed E-state index contributed by atoms with van der Waals surface area (Å²) in [6, 6.07) is 13.4. The summed E-state index contributed by atoms with van der Waals surface area (Å²) < 4.78 is 44.8. The number of para-hydroxylation sites is 1. The maximum atomic E-state index is 13.4. The average molecular weight is 717 g/mol. The Bertz CT molecular complexity index is 2030. The molecule has 0 aliphatic carbocycles. The van der Waals surface area contributed by atoms with Gasteiger partial charge in [-0.15, -0.1) is 10.2 Å². The number of tetrazole rings is 1. The van der Waals surface area contributed by atoms with Gasteiger partial charge in [0.15, 0.2) is 5.82 Å². The summed E-state index contributed by atoms with van der Waals surface area (Å²) in [6.45, 7) is 3.24. The number of esters is 2.